The molecule has 0 aromatic rings. The van der Waals surface area contributed by atoms with Gasteiger partial charge >= 0.3 is 0 Å². The summed E-state index contributed by atoms with van der Waals surface area (Å²) < 4.78 is 0. The number of likely N-dealkylation sites (tertiary alicyclic amines) is 1. The van der Waals surface area contributed by atoms with Crippen LogP contribution < -0.4 is 5.73 Å². The monoisotopic (exact) mass is 252 g/mol. The quantitative estimate of drug-likeness (QED) is 0.831. The summed E-state index contributed by atoms with van der Waals surface area (Å²) in [5.74, 6) is 0.737. The summed E-state index contributed by atoms with van der Waals surface area (Å²) in [7, 11) is 0. The van der Waals surface area contributed by atoms with Crippen molar-refractivity contribution in [1.29, 1.82) is 0 Å². The van der Waals surface area contributed by atoms with E-state index in [0.717, 1.165) is 17.9 Å². The number of piperidine rings is 1. The number of hydrogen-bond donors (Lipinski definition) is 1. The third-order valence-electron chi connectivity index (χ3n) is 5.54. The molecule has 0 bridgehead atoms. The minimum Gasteiger partial charge on any atom is -0.329 e. The summed E-state index contributed by atoms with van der Waals surface area (Å²) in [5, 5.41) is 0. The number of nitrogens with zero attached hydrogens (tertiary/aromatic N) is 1. The zero-order chi connectivity index (χ0) is 13.2. The van der Waals surface area contributed by atoms with Crippen molar-refractivity contribution in [3.63, 3.8) is 0 Å². The van der Waals surface area contributed by atoms with E-state index in [9.17, 15) is 0 Å². The Hall–Kier alpha value is -0.0800. The lowest BCUT2D eigenvalue weighted by molar-refractivity contribution is 0.0206. The van der Waals surface area contributed by atoms with Crippen LogP contribution in [0.4, 0.5) is 0 Å². The molecule has 0 radical (unpaired) electrons. The Balaban J connectivity index is 1.94. The van der Waals surface area contributed by atoms with Crippen LogP contribution in [0.5, 0.6) is 0 Å². The summed E-state index contributed by atoms with van der Waals surface area (Å²) >= 11 is 0. The molecule has 2 rings (SSSR count). The SMILES string of the molecule is CC(C)CC(C)(CN)N1CCC2(CCCC2)CC1. The second-order valence-corrected chi connectivity index (χ2v) is 7.49. The van der Waals surface area contributed by atoms with Gasteiger partial charge in [0, 0.05) is 12.1 Å². The van der Waals surface area contributed by atoms with Gasteiger partial charge < -0.3 is 5.73 Å². The molecule has 0 aromatic heterocycles. The Morgan fingerprint density at radius 2 is 1.67 bits per heavy atom. The predicted molar refractivity (Wildman–Crippen MR) is 78.6 cm³/mol. The average Bonchev–Trinajstić information content (AvgIpc) is 2.77. The second kappa shape index (κ2) is 5.50. The van der Waals surface area contributed by atoms with E-state index in [2.05, 4.69) is 25.7 Å². The van der Waals surface area contributed by atoms with E-state index in [1.165, 1.54) is 58.0 Å². The summed E-state index contributed by atoms with van der Waals surface area (Å²) in [5.41, 5.74) is 7.05. The first-order valence-electron chi connectivity index (χ1n) is 7.95. The molecule has 1 atom stereocenters. The Labute approximate surface area is 113 Å². The van der Waals surface area contributed by atoms with Crippen molar-refractivity contribution < 1.29 is 0 Å². The van der Waals surface area contributed by atoms with Gasteiger partial charge in [-0.15, -0.1) is 0 Å². The van der Waals surface area contributed by atoms with Gasteiger partial charge in [-0.1, -0.05) is 26.7 Å². The lowest BCUT2D eigenvalue weighted by Crippen LogP contribution is -2.56. The molecule has 1 saturated carbocycles. The van der Waals surface area contributed by atoms with Crippen molar-refractivity contribution >= 4 is 0 Å². The van der Waals surface area contributed by atoms with E-state index in [-0.39, 0.29) is 5.54 Å². The molecule has 2 nitrogen and oxygen atoms in total. The normalized spacial score (nSPS) is 27.8. The summed E-state index contributed by atoms with van der Waals surface area (Å²) in [4.78, 5) is 2.69. The van der Waals surface area contributed by atoms with E-state index < -0.39 is 0 Å². The van der Waals surface area contributed by atoms with Crippen molar-refractivity contribution in [2.24, 2.45) is 17.1 Å². The topological polar surface area (TPSA) is 29.3 Å². The lowest BCUT2D eigenvalue weighted by atomic mass is 9.75. The van der Waals surface area contributed by atoms with Gasteiger partial charge in [-0.05, 0) is 63.5 Å². The zero-order valence-corrected chi connectivity index (χ0v) is 12.7. The maximum atomic E-state index is 6.09. The molecule has 2 heteroatoms. The molecular weight excluding hydrogens is 220 g/mol. The highest BCUT2D eigenvalue weighted by molar-refractivity contribution is 4.96. The van der Waals surface area contributed by atoms with Crippen molar-refractivity contribution in [3.05, 3.63) is 0 Å². The molecule has 1 aliphatic carbocycles. The van der Waals surface area contributed by atoms with Gasteiger partial charge in [0.05, 0.1) is 0 Å². The van der Waals surface area contributed by atoms with Crippen molar-refractivity contribution in [2.45, 2.75) is 71.3 Å². The van der Waals surface area contributed by atoms with Crippen LogP contribution in [0.2, 0.25) is 0 Å². The second-order valence-electron chi connectivity index (χ2n) is 7.49. The van der Waals surface area contributed by atoms with Gasteiger partial charge in [-0.3, -0.25) is 4.90 Å². The fraction of sp³-hybridized carbons (Fsp3) is 1.00. The predicted octanol–water partition coefficient (Wildman–Crippen LogP) is 3.41. The molecule has 2 fully saturated rings. The Morgan fingerprint density at radius 1 is 1.11 bits per heavy atom. The zero-order valence-electron chi connectivity index (χ0n) is 12.7. The van der Waals surface area contributed by atoms with Crippen molar-refractivity contribution in [2.75, 3.05) is 19.6 Å². The fourth-order valence-electron chi connectivity index (χ4n) is 4.37. The molecule has 1 spiro atoms. The molecule has 0 amide bonds. The highest BCUT2D eigenvalue weighted by Crippen LogP contribution is 2.47. The van der Waals surface area contributed by atoms with Crippen LogP contribution in [-0.4, -0.2) is 30.1 Å². The Bertz CT molecular complexity index is 258. The smallest absolute Gasteiger partial charge is 0.0306 e. The maximum Gasteiger partial charge on any atom is 0.0306 e. The standard InChI is InChI=1S/C16H32N2/c1-14(2)12-15(3,13-17)18-10-8-16(9-11-18)6-4-5-7-16/h14H,4-13,17H2,1-3H3. The van der Waals surface area contributed by atoms with E-state index in [0.29, 0.717) is 0 Å². The number of nitrogens with two attached hydrogens (primary N) is 1. The first kappa shape index (κ1) is 14.3. The largest absolute Gasteiger partial charge is 0.329 e. The third kappa shape index (κ3) is 2.91. The van der Waals surface area contributed by atoms with Gasteiger partial charge in [-0.2, -0.15) is 0 Å². The third-order valence-corrected chi connectivity index (χ3v) is 5.54. The molecule has 1 heterocycles. The minimum atomic E-state index is 0.231. The van der Waals surface area contributed by atoms with Crippen molar-refractivity contribution in [3.8, 4) is 0 Å². The van der Waals surface area contributed by atoms with Gasteiger partial charge in [0.25, 0.3) is 0 Å². The van der Waals surface area contributed by atoms with E-state index in [1.54, 1.807) is 0 Å². The highest BCUT2D eigenvalue weighted by Gasteiger charge is 2.41. The molecule has 1 unspecified atom stereocenters. The number of hydrogen-bond acceptors (Lipinski definition) is 2. The van der Waals surface area contributed by atoms with E-state index in [1.807, 2.05) is 0 Å². The van der Waals surface area contributed by atoms with Crippen LogP contribution >= 0.6 is 0 Å². The van der Waals surface area contributed by atoms with Crippen LogP contribution in [0.25, 0.3) is 0 Å². The fourth-order valence-corrected chi connectivity index (χ4v) is 4.37. The first-order valence-corrected chi connectivity index (χ1v) is 7.95. The van der Waals surface area contributed by atoms with Crippen LogP contribution in [0, 0.1) is 11.3 Å². The molecular formula is C16H32N2. The minimum absolute atomic E-state index is 0.231. The van der Waals surface area contributed by atoms with Crippen LogP contribution in [0.15, 0.2) is 0 Å². The molecule has 1 aliphatic heterocycles. The molecule has 1 saturated heterocycles. The van der Waals surface area contributed by atoms with Crippen molar-refractivity contribution in [1.82, 2.24) is 4.90 Å². The summed E-state index contributed by atoms with van der Waals surface area (Å²) in [6.07, 6.45) is 9.99. The van der Waals surface area contributed by atoms with Crippen LogP contribution in [0.3, 0.4) is 0 Å². The molecule has 0 aromatic carbocycles. The Morgan fingerprint density at radius 3 is 2.11 bits per heavy atom. The van der Waals surface area contributed by atoms with Gasteiger partial charge in [0.15, 0.2) is 0 Å². The highest BCUT2D eigenvalue weighted by atomic mass is 15.2. The van der Waals surface area contributed by atoms with Crippen LogP contribution in [-0.2, 0) is 0 Å². The number of rotatable bonds is 4. The molecule has 106 valence electrons. The Kier molecular flexibility index (Phi) is 4.38. The van der Waals surface area contributed by atoms with Crippen LogP contribution in [0.1, 0.15) is 65.7 Å². The maximum absolute atomic E-state index is 6.09. The molecule has 2 aliphatic rings. The first-order chi connectivity index (χ1) is 8.50. The summed E-state index contributed by atoms with van der Waals surface area (Å²) in [6, 6.07) is 0. The molecule has 18 heavy (non-hydrogen) atoms. The van der Waals surface area contributed by atoms with E-state index >= 15 is 0 Å². The van der Waals surface area contributed by atoms with E-state index in [4.69, 9.17) is 5.73 Å². The average molecular weight is 252 g/mol. The summed E-state index contributed by atoms with van der Waals surface area (Å²) in [6.45, 7) is 10.4. The molecule has 2 N–H and O–H groups in total. The van der Waals surface area contributed by atoms with Gasteiger partial charge in [0.2, 0.25) is 0 Å². The van der Waals surface area contributed by atoms with Gasteiger partial charge in [-0.25, -0.2) is 0 Å². The van der Waals surface area contributed by atoms with Gasteiger partial charge in [0.1, 0.15) is 0 Å². The lowest BCUT2D eigenvalue weighted by Gasteiger charge is -2.48.